The van der Waals surface area contributed by atoms with Crippen LogP contribution >= 0.6 is 11.6 Å². The summed E-state index contributed by atoms with van der Waals surface area (Å²) >= 11 is 5.80. The van der Waals surface area contributed by atoms with Gasteiger partial charge in [0.15, 0.2) is 5.96 Å². The maximum Gasteiger partial charge on any atom is 0.191 e. The standard InChI is InChI=1S/C19H25ClN4O/c1-3-25-14-17-7-5-4-6-16(17)13-24-19(21-2)22-11-10-15-8-9-18(20)23-12-15/h4-9,12H,3,10-11,13-14H2,1-2H3,(H2,21,22,24). The Bertz CT molecular complexity index is 673. The first kappa shape index (κ1) is 19.2. The number of halogens is 1. The highest BCUT2D eigenvalue weighted by molar-refractivity contribution is 6.29. The molecule has 1 heterocycles. The van der Waals surface area contributed by atoms with Crippen molar-refractivity contribution in [3.8, 4) is 0 Å². The zero-order chi connectivity index (χ0) is 17.9. The molecule has 134 valence electrons. The molecule has 0 saturated carbocycles. The number of aliphatic imine (C=N–C) groups is 1. The van der Waals surface area contributed by atoms with Gasteiger partial charge in [-0.15, -0.1) is 0 Å². The number of pyridine rings is 1. The Morgan fingerprint density at radius 3 is 2.64 bits per heavy atom. The minimum absolute atomic E-state index is 0.514. The summed E-state index contributed by atoms with van der Waals surface area (Å²) in [6, 6.07) is 12.1. The minimum Gasteiger partial charge on any atom is -0.377 e. The molecule has 0 saturated heterocycles. The molecule has 0 aliphatic heterocycles. The number of rotatable bonds is 8. The Hall–Kier alpha value is -2.11. The van der Waals surface area contributed by atoms with Gasteiger partial charge in [0.1, 0.15) is 5.15 Å². The lowest BCUT2D eigenvalue weighted by atomic mass is 10.1. The van der Waals surface area contributed by atoms with E-state index in [1.54, 1.807) is 19.3 Å². The van der Waals surface area contributed by atoms with E-state index >= 15 is 0 Å². The SMILES string of the molecule is CCOCc1ccccc1CNC(=NC)NCCc1ccc(Cl)nc1. The molecular formula is C19H25ClN4O. The lowest BCUT2D eigenvalue weighted by Gasteiger charge is -2.14. The zero-order valence-corrected chi connectivity index (χ0v) is 15.5. The van der Waals surface area contributed by atoms with Crippen LogP contribution in [0.2, 0.25) is 5.15 Å². The fourth-order valence-electron chi connectivity index (χ4n) is 2.36. The lowest BCUT2D eigenvalue weighted by molar-refractivity contribution is 0.133. The molecule has 0 spiro atoms. The number of guanidine groups is 1. The lowest BCUT2D eigenvalue weighted by Crippen LogP contribution is -2.38. The molecular weight excluding hydrogens is 336 g/mol. The van der Waals surface area contributed by atoms with E-state index in [1.165, 1.54) is 11.1 Å². The zero-order valence-electron chi connectivity index (χ0n) is 14.8. The van der Waals surface area contributed by atoms with E-state index in [9.17, 15) is 0 Å². The second-order valence-electron chi connectivity index (χ2n) is 5.50. The van der Waals surface area contributed by atoms with Crippen LogP contribution in [0.4, 0.5) is 0 Å². The topological polar surface area (TPSA) is 58.5 Å². The van der Waals surface area contributed by atoms with E-state index in [0.29, 0.717) is 24.9 Å². The van der Waals surface area contributed by atoms with Crippen molar-refractivity contribution in [2.24, 2.45) is 4.99 Å². The van der Waals surface area contributed by atoms with Gasteiger partial charge in [0.25, 0.3) is 0 Å². The summed E-state index contributed by atoms with van der Waals surface area (Å²) in [7, 11) is 1.77. The van der Waals surface area contributed by atoms with Gasteiger partial charge in [-0.3, -0.25) is 4.99 Å². The molecule has 25 heavy (non-hydrogen) atoms. The van der Waals surface area contributed by atoms with Crippen molar-refractivity contribution in [2.75, 3.05) is 20.2 Å². The highest BCUT2D eigenvalue weighted by atomic mass is 35.5. The average molecular weight is 361 g/mol. The first-order valence-corrected chi connectivity index (χ1v) is 8.80. The number of hydrogen-bond donors (Lipinski definition) is 2. The van der Waals surface area contributed by atoms with Crippen molar-refractivity contribution in [1.29, 1.82) is 0 Å². The summed E-state index contributed by atoms with van der Waals surface area (Å²) in [4.78, 5) is 8.35. The maximum atomic E-state index is 5.80. The van der Waals surface area contributed by atoms with Crippen LogP contribution in [0.3, 0.4) is 0 Å². The molecule has 0 atom stereocenters. The first-order valence-electron chi connectivity index (χ1n) is 8.42. The van der Waals surface area contributed by atoms with Gasteiger partial charge in [-0.2, -0.15) is 0 Å². The summed E-state index contributed by atoms with van der Waals surface area (Å²) in [6.07, 6.45) is 2.65. The Labute approximate surface area is 154 Å². The second kappa shape index (κ2) is 10.7. The highest BCUT2D eigenvalue weighted by Crippen LogP contribution is 2.10. The Morgan fingerprint density at radius 1 is 1.16 bits per heavy atom. The Kier molecular flexibility index (Phi) is 8.22. The molecule has 2 aromatic rings. The summed E-state index contributed by atoms with van der Waals surface area (Å²) in [5, 5.41) is 7.17. The van der Waals surface area contributed by atoms with Crippen LogP contribution in [-0.4, -0.2) is 31.1 Å². The number of benzene rings is 1. The van der Waals surface area contributed by atoms with Crippen molar-refractivity contribution in [2.45, 2.75) is 26.5 Å². The van der Waals surface area contributed by atoms with Gasteiger partial charge in [0.05, 0.1) is 6.61 Å². The first-order chi connectivity index (χ1) is 12.2. The highest BCUT2D eigenvalue weighted by Gasteiger charge is 2.04. The average Bonchev–Trinajstić information content (AvgIpc) is 2.65. The number of hydrogen-bond acceptors (Lipinski definition) is 3. The van der Waals surface area contributed by atoms with Crippen molar-refractivity contribution < 1.29 is 4.74 Å². The van der Waals surface area contributed by atoms with Crippen LogP contribution in [0.15, 0.2) is 47.6 Å². The number of nitrogens with one attached hydrogen (secondary N) is 2. The number of aromatic nitrogens is 1. The summed E-state index contributed by atoms with van der Waals surface area (Å²) in [5.74, 6) is 0.771. The molecule has 1 aromatic carbocycles. The van der Waals surface area contributed by atoms with Gasteiger partial charge in [-0.05, 0) is 36.1 Å². The maximum absolute atomic E-state index is 5.80. The van der Waals surface area contributed by atoms with Crippen LogP contribution in [0.5, 0.6) is 0 Å². The van der Waals surface area contributed by atoms with Gasteiger partial charge in [0, 0.05) is 32.9 Å². The summed E-state index contributed by atoms with van der Waals surface area (Å²) in [5.41, 5.74) is 3.54. The molecule has 2 N–H and O–H groups in total. The quantitative estimate of drug-likeness (QED) is 0.431. The predicted octanol–water partition coefficient (Wildman–Crippen LogP) is 3.18. The summed E-state index contributed by atoms with van der Waals surface area (Å²) in [6.45, 7) is 4.81. The van der Waals surface area contributed by atoms with Gasteiger partial charge in [-0.25, -0.2) is 4.98 Å². The molecule has 0 fully saturated rings. The largest absolute Gasteiger partial charge is 0.377 e. The van der Waals surface area contributed by atoms with E-state index < -0.39 is 0 Å². The molecule has 6 heteroatoms. The van der Waals surface area contributed by atoms with E-state index in [1.807, 2.05) is 25.1 Å². The second-order valence-corrected chi connectivity index (χ2v) is 5.88. The van der Waals surface area contributed by atoms with Gasteiger partial charge in [-0.1, -0.05) is 41.9 Å². The van der Waals surface area contributed by atoms with Gasteiger partial charge < -0.3 is 15.4 Å². The van der Waals surface area contributed by atoms with Crippen LogP contribution in [0, 0.1) is 0 Å². The molecule has 1 aromatic heterocycles. The van der Waals surface area contributed by atoms with Crippen molar-refractivity contribution in [1.82, 2.24) is 15.6 Å². The Morgan fingerprint density at radius 2 is 1.96 bits per heavy atom. The number of nitrogens with zero attached hydrogens (tertiary/aromatic N) is 2. The minimum atomic E-state index is 0.514. The smallest absolute Gasteiger partial charge is 0.191 e. The van der Waals surface area contributed by atoms with Gasteiger partial charge in [0.2, 0.25) is 0 Å². The van der Waals surface area contributed by atoms with E-state index in [-0.39, 0.29) is 0 Å². The van der Waals surface area contributed by atoms with Crippen LogP contribution in [-0.2, 0) is 24.3 Å². The van der Waals surface area contributed by atoms with Gasteiger partial charge >= 0.3 is 0 Å². The molecule has 0 radical (unpaired) electrons. The van der Waals surface area contributed by atoms with E-state index in [0.717, 1.165) is 24.5 Å². The van der Waals surface area contributed by atoms with Crippen LogP contribution in [0.25, 0.3) is 0 Å². The van der Waals surface area contributed by atoms with Crippen molar-refractivity contribution >= 4 is 17.6 Å². The molecule has 0 unspecified atom stereocenters. The molecule has 0 bridgehead atoms. The third kappa shape index (κ3) is 6.72. The van der Waals surface area contributed by atoms with E-state index in [4.69, 9.17) is 16.3 Å². The third-order valence-corrected chi connectivity index (χ3v) is 3.97. The Balaban J connectivity index is 1.81. The molecule has 2 rings (SSSR count). The third-order valence-electron chi connectivity index (χ3n) is 3.74. The summed E-state index contributed by atoms with van der Waals surface area (Å²) < 4.78 is 5.53. The van der Waals surface area contributed by atoms with Crippen molar-refractivity contribution in [3.63, 3.8) is 0 Å². The van der Waals surface area contributed by atoms with E-state index in [2.05, 4.69) is 32.7 Å². The molecule has 5 nitrogen and oxygen atoms in total. The fraction of sp³-hybridized carbons (Fsp3) is 0.368. The number of ether oxygens (including phenoxy) is 1. The molecule has 0 aliphatic carbocycles. The van der Waals surface area contributed by atoms with Crippen LogP contribution < -0.4 is 10.6 Å². The van der Waals surface area contributed by atoms with Crippen LogP contribution in [0.1, 0.15) is 23.6 Å². The fourth-order valence-corrected chi connectivity index (χ4v) is 2.47. The normalized spacial score (nSPS) is 11.4. The molecule has 0 aliphatic rings. The predicted molar refractivity (Wildman–Crippen MR) is 103 cm³/mol. The monoisotopic (exact) mass is 360 g/mol. The van der Waals surface area contributed by atoms with Crippen molar-refractivity contribution in [3.05, 3.63) is 64.4 Å². The molecule has 0 amide bonds.